The highest BCUT2D eigenvalue weighted by Crippen LogP contribution is 2.24. The highest BCUT2D eigenvalue weighted by molar-refractivity contribution is 5.36. The molecule has 0 fully saturated rings. The van der Waals surface area contributed by atoms with Crippen molar-refractivity contribution in [1.82, 2.24) is 4.98 Å². The minimum absolute atomic E-state index is 0.00439. The lowest BCUT2D eigenvalue weighted by molar-refractivity contribution is 0.478. The van der Waals surface area contributed by atoms with Gasteiger partial charge in [-0.3, -0.25) is 4.98 Å². The average Bonchev–Trinajstić information content (AvgIpc) is 2.37. The van der Waals surface area contributed by atoms with Crippen molar-refractivity contribution >= 4 is 0 Å². The van der Waals surface area contributed by atoms with Crippen LogP contribution in [0.5, 0.6) is 11.5 Å². The molecule has 2 N–H and O–H groups in total. The second-order valence-electron chi connectivity index (χ2n) is 4.86. The Morgan fingerprint density at radius 1 is 1.11 bits per heavy atom. The molecule has 0 radical (unpaired) electrons. The van der Waals surface area contributed by atoms with Crippen LogP contribution < -0.4 is 10.5 Å². The zero-order valence-corrected chi connectivity index (χ0v) is 11.7. The summed E-state index contributed by atoms with van der Waals surface area (Å²) in [5.41, 5.74) is 9.21. The Labute approximate surface area is 114 Å². The van der Waals surface area contributed by atoms with E-state index < -0.39 is 0 Å². The standard InChI is InChI=1S/C16H20N2O/c1-4-15(17)16-6-5-13(10-18-16)19-14-8-11(2)7-12(3)9-14/h5-10,15H,4,17H2,1-3H3/t15-/m0/s1. The maximum absolute atomic E-state index is 5.93. The lowest BCUT2D eigenvalue weighted by Gasteiger charge is -2.10. The Bertz CT molecular complexity index is 529. The topological polar surface area (TPSA) is 48.1 Å². The van der Waals surface area contributed by atoms with Gasteiger partial charge in [-0.25, -0.2) is 0 Å². The normalized spacial score (nSPS) is 12.2. The first kappa shape index (κ1) is 13.6. The molecular formula is C16H20N2O. The molecule has 100 valence electrons. The molecule has 1 atom stereocenters. The second kappa shape index (κ2) is 5.85. The van der Waals surface area contributed by atoms with E-state index in [4.69, 9.17) is 10.5 Å². The fraction of sp³-hybridized carbons (Fsp3) is 0.312. The number of aryl methyl sites for hydroxylation is 2. The number of hydrogen-bond acceptors (Lipinski definition) is 3. The molecule has 0 bridgehead atoms. The first-order chi connectivity index (χ1) is 9.08. The van der Waals surface area contributed by atoms with E-state index in [1.54, 1.807) is 6.20 Å². The van der Waals surface area contributed by atoms with Crippen LogP contribution in [-0.2, 0) is 0 Å². The number of benzene rings is 1. The van der Waals surface area contributed by atoms with Gasteiger partial charge in [0.15, 0.2) is 0 Å². The van der Waals surface area contributed by atoms with Gasteiger partial charge in [0.25, 0.3) is 0 Å². The zero-order valence-electron chi connectivity index (χ0n) is 11.7. The van der Waals surface area contributed by atoms with E-state index in [2.05, 4.69) is 24.9 Å². The molecular weight excluding hydrogens is 236 g/mol. The zero-order chi connectivity index (χ0) is 13.8. The van der Waals surface area contributed by atoms with Crippen molar-refractivity contribution in [3.8, 4) is 11.5 Å². The van der Waals surface area contributed by atoms with Crippen LogP contribution in [-0.4, -0.2) is 4.98 Å². The molecule has 2 rings (SSSR count). The molecule has 0 saturated heterocycles. The van der Waals surface area contributed by atoms with Gasteiger partial charge in [0.1, 0.15) is 11.5 Å². The number of nitrogens with two attached hydrogens (primary N) is 1. The van der Waals surface area contributed by atoms with E-state index in [-0.39, 0.29) is 6.04 Å². The fourth-order valence-corrected chi connectivity index (χ4v) is 2.01. The summed E-state index contributed by atoms with van der Waals surface area (Å²) in [6.45, 7) is 6.16. The van der Waals surface area contributed by atoms with Crippen molar-refractivity contribution in [3.63, 3.8) is 0 Å². The summed E-state index contributed by atoms with van der Waals surface area (Å²) < 4.78 is 5.81. The monoisotopic (exact) mass is 256 g/mol. The van der Waals surface area contributed by atoms with Gasteiger partial charge < -0.3 is 10.5 Å². The maximum atomic E-state index is 5.93. The van der Waals surface area contributed by atoms with E-state index in [0.29, 0.717) is 0 Å². The Hall–Kier alpha value is -1.87. The highest BCUT2D eigenvalue weighted by Gasteiger charge is 2.05. The SMILES string of the molecule is CC[C@H](N)c1ccc(Oc2cc(C)cc(C)c2)cn1. The first-order valence-electron chi connectivity index (χ1n) is 6.56. The van der Waals surface area contributed by atoms with Gasteiger partial charge in [-0.05, 0) is 55.7 Å². The van der Waals surface area contributed by atoms with Crippen molar-refractivity contribution < 1.29 is 4.74 Å². The number of ether oxygens (including phenoxy) is 1. The van der Waals surface area contributed by atoms with Crippen LogP contribution in [0, 0.1) is 13.8 Å². The van der Waals surface area contributed by atoms with Crippen LogP contribution in [0.1, 0.15) is 36.2 Å². The Balaban J connectivity index is 2.15. The molecule has 0 amide bonds. The quantitative estimate of drug-likeness (QED) is 0.902. The molecule has 19 heavy (non-hydrogen) atoms. The van der Waals surface area contributed by atoms with Gasteiger partial charge in [0.05, 0.1) is 11.9 Å². The molecule has 0 aliphatic rings. The molecule has 0 aliphatic heterocycles. The van der Waals surface area contributed by atoms with Gasteiger partial charge in [-0.2, -0.15) is 0 Å². The molecule has 3 nitrogen and oxygen atoms in total. The molecule has 0 unspecified atom stereocenters. The Morgan fingerprint density at radius 2 is 1.79 bits per heavy atom. The smallest absolute Gasteiger partial charge is 0.145 e. The van der Waals surface area contributed by atoms with Crippen LogP contribution in [0.4, 0.5) is 0 Å². The van der Waals surface area contributed by atoms with Gasteiger partial charge in [-0.1, -0.05) is 13.0 Å². The Morgan fingerprint density at radius 3 is 2.32 bits per heavy atom. The van der Waals surface area contributed by atoms with E-state index >= 15 is 0 Å². The van der Waals surface area contributed by atoms with Gasteiger partial charge in [-0.15, -0.1) is 0 Å². The summed E-state index contributed by atoms with van der Waals surface area (Å²) in [6, 6.07) is 9.98. The molecule has 0 saturated carbocycles. The van der Waals surface area contributed by atoms with Crippen molar-refractivity contribution in [3.05, 3.63) is 53.3 Å². The summed E-state index contributed by atoms with van der Waals surface area (Å²) in [5, 5.41) is 0. The molecule has 0 spiro atoms. The second-order valence-corrected chi connectivity index (χ2v) is 4.86. The van der Waals surface area contributed by atoms with Crippen LogP contribution >= 0.6 is 0 Å². The van der Waals surface area contributed by atoms with E-state index in [0.717, 1.165) is 23.6 Å². The molecule has 3 heteroatoms. The number of hydrogen-bond donors (Lipinski definition) is 1. The lowest BCUT2D eigenvalue weighted by Crippen LogP contribution is -2.10. The third kappa shape index (κ3) is 3.55. The molecule has 1 aromatic heterocycles. The summed E-state index contributed by atoms with van der Waals surface area (Å²) >= 11 is 0. The average molecular weight is 256 g/mol. The number of pyridine rings is 1. The van der Waals surface area contributed by atoms with E-state index in [9.17, 15) is 0 Å². The van der Waals surface area contributed by atoms with Gasteiger partial charge >= 0.3 is 0 Å². The highest BCUT2D eigenvalue weighted by atomic mass is 16.5. The lowest BCUT2D eigenvalue weighted by atomic mass is 10.1. The summed E-state index contributed by atoms with van der Waals surface area (Å²) in [4.78, 5) is 4.34. The third-order valence-corrected chi connectivity index (χ3v) is 3.01. The summed E-state index contributed by atoms with van der Waals surface area (Å²) in [7, 11) is 0. The summed E-state index contributed by atoms with van der Waals surface area (Å²) in [5.74, 6) is 1.57. The van der Waals surface area contributed by atoms with Crippen LogP contribution in [0.2, 0.25) is 0 Å². The van der Waals surface area contributed by atoms with Crippen molar-refractivity contribution in [1.29, 1.82) is 0 Å². The van der Waals surface area contributed by atoms with Crippen LogP contribution in [0.25, 0.3) is 0 Å². The largest absolute Gasteiger partial charge is 0.456 e. The first-order valence-corrected chi connectivity index (χ1v) is 6.56. The number of rotatable bonds is 4. The minimum atomic E-state index is -0.00439. The number of nitrogens with zero attached hydrogens (tertiary/aromatic N) is 1. The van der Waals surface area contributed by atoms with Crippen molar-refractivity contribution in [2.45, 2.75) is 33.2 Å². The summed E-state index contributed by atoms with van der Waals surface area (Å²) in [6.07, 6.45) is 2.60. The fourth-order valence-electron chi connectivity index (χ4n) is 2.01. The third-order valence-electron chi connectivity index (χ3n) is 3.01. The predicted molar refractivity (Wildman–Crippen MR) is 77.4 cm³/mol. The molecule has 2 aromatic rings. The van der Waals surface area contributed by atoms with E-state index in [1.807, 2.05) is 31.2 Å². The minimum Gasteiger partial charge on any atom is -0.456 e. The van der Waals surface area contributed by atoms with E-state index in [1.165, 1.54) is 11.1 Å². The van der Waals surface area contributed by atoms with Crippen molar-refractivity contribution in [2.75, 3.05) is 0 Å². The Kier molecular flexibility index (Phi) is 4.17. The van der Waals surface area contributed by atoms with Gasteiger partial charge in [0.2, 0.25) is 0 Å². The van der Waals surface area contributed by atoms with Crippen LogP contribution in [0.3, 0.4) is 0 Å². The predicted octanol–water partition coefficient (Wildman–Crippen LogP) is 3.90. The maximum Gasteiger partial charge on any atom is 0.145 e. The molecule has 0 aliphatic carbocycles. The molecule has 1 aromatic carbocycles. The molecule has 1 heterocycles. The van der Waals surface area contributed by atoms with Crippen molar-refractivity contribution in [2.24, 2.45) is 5.73 Å². The number of aromatic nitrogens is 1. The van der Waals surface area contributed by atoms with Gasteiger partial charge in [0, 0.05) is 6.04 Å². The van der Waals surface area contributed by atoms with Crippen LogP contribution in [0.15, 0.2) is 36.5 Å².